The number of nitrogens with zero attached hydrogens (tertiary/aromatic N) is 5. The number of fused-ring (bicyclic) bond motifs is 4. The van der Waals surface area contributed by atoms with Crippen LogP contribution in [-0.2, 0) is 16.1 Å². The van der Waals surface area contributed by atoms with Gasteiger partial charge in [0, 0.05) is 17.1 Å². The van der Waals surface area contributed by atoms with Crippen LogP contribution >= 0.6 is 11.3 Å². The molecule has 0 fully saturated rings. The molecule has 4 heterocycles. The Kier molecular flexibility index (Phi) is 4.09. The van der Waals surface area contributed by atoms with Gasteiger partial charge in [0.15, 0.2) is 5.65 Å². The summed E-state index contributed by atoms with van der Waals surface area (Å²) in [5.74, 6) is -0.400. The maximum Gasteiger partial charge on any atom is 0.326 e. The molecule has 0 unspecified atom stereocenters. The minimum Gasteiger partial charge on any atom is -0.465 e. The fourth-order valence-electron chi connectivity index (χ4n) is 3.46. The number of carbonyl (C=O) groups is 1. The molecule has 0 N–H and O–H groups in total. The van der Waals surface area contributed by atoms with Crippen LogP contribution in [0.5, 0.6) is 0 Å². The number of ether oxygens (including phenoxy) is 1. The zero-order chi connectivity index (χ0) is 20.0. The summed E-state index contributed by atoms with van der Waals surface area (Å²) in [5.41, 5.74) is 2.13. The molecule has 0 aliphatic carbocycles. The molecule has 8 nitrogen and oxygen atoms in total. The van der Waals surface area contributed by atoms with Crippen molar-refractivity contribution in [1.82, 2.24) is 24.4 Å². The number of pyridine rings is 1. The zero-order valence-corrected chi connectivity index (χ0v) is 16.2. The highest BCUT2D eigenvalue weighted by Crippen LogP contribution is 2.33. The summed E-state index contributed by atoms with van der Waals surface area (Å²) >= 11 is 1.28. The Bertz CT molecular complexity index is 1440. The second kappa shape index (κ2) is 6.78. The van der Waals surface area contributed by atoms with Gasteiger partial charge < -0.3 is 9.30 Å². The zero-order valence-electron chi connectivity index (χ0n) is 15.4. The molecule has 9 heteroatoms. The number of benzene rings is 1. The van der Waals surface area contributed by atoms with Crippen LogP contribution in [0.15, 0.2) is 53.5 Å². The molecule has 0 aliphatic rings. The number of hydrogen-bond donors (Lipinski definition) is 0. The first-order chi connectivity index (χ1) is 14.2. The van der Waals surface area contributed by atoms with Crippen molar-refractivity contribution in [2.24, 2.45) is 0 Å². The lowest BCUT2D eigenvalue weighted by atomic mass is 10.1. The van der Waals surface area contributed by atoms with Gasteiger partial charge in [-0.15, -0.1) is 16.4 Å². The SMILES string of the molecule is CCOC(=O)Cn1c2c(sc3ncccc32)c(=O)n2nnc(-c3ccccc3)c12. The number of aromatic nitrogens is 5. The number of esters is 1. The molecule has 0 radical (unpaired) electrons. The van der Waals surface area contributed by atoms with Crippen LogP contribution in [0.25, 0.3) is 37.3 Å². The largest absolute Gasteiger partial charge is 0.465 e. The molecule has 1 aromatic carbocycles. The van der Waals surface area contributed by atoms with E-state index in [-0.39, 0.29) is 18.7 Å². The van der Waals surface area contributed by atoms with Crippen LogP contribution in [0.3, 0.4) is 0 Å². The van der Waals surface area contributed by atoms with Crippen molar-refractivity contribution < 1.29 is 9.53 Å². The summed E-state index contributed by atoms with van der Waals surface area (Å²) in [7, 11) is 0. The normalized spacial score (nSPS) is 11.5. The summed E-state index contributed by atoms with van der Waals surface area (Å²) in [4.78, 5) is 30.7. The van der Waals surface area contributed by atoms with E-state index in [0.717, 1.165) is 15.8 Å². The number of rotatable bonds is 4. The minimum atomic E-state index is -0.400. The van der Waals surface area contributed by atoms with E-state index < -0.39 is 5.97 Å². The van der Waals surface area contributed by atoms with E-state index in [1.807, 2.05) is 42.5 Å². The third-order valence-corrected chi connectivity index (χ3v) is 5.73. The van der Waals surface area contributed by atoms with Crippen molar-refractivity contribution in [2.75, 3.05) is 6.61 Å². The topological polar surface area (TPSA) is 91.4 Å². The first-order valence-corrected chi connectivity index (χ1v) is 9.87. The average molecular weight is 405 g/mol. The highest BCUT2D eigenvalue weighted by Gasteiger charge is 2.23. The summed E-state index contributed by atoms with van der Waals surface area (Å²) in [6.45, 7) is 1.96. The van der Waals surface area contributed by atoms with Crippen molar-refractivity contribution in [3.63, 3.8) is 0 Å². The predicted molar refractivity (Wildman–Crippen MR) is 110 cm³/mol. The maximum atomic E-state index is 13.2. The molecule has 0 aliphatic heterocycles. The van der Waals surface area contributed by atoms with E-state index in [1.54, 1.807) is 17.7 Å². The second-order valence-electron chi connectivity index (χ2n) is 6.37. The van der Waals surface area contributed by atoms with Crippen LogP contribution in [0.1, 0.15) is 6.92 Å². The standard InChI is InChI=1S/C20H15N5O3S/c1-2-28-14(26)11-24-16-13-9-6-10-21-18(13)29-17(16)20(27)25-19(24)15(22-23-25)12-7-4-3-5-8-12/h3-10H,2,11H2,1H3. The molecule has 144 valence electrons. The van der Waals surface area contributed by atoms with Crippen molar-refractivity contribution in [3.05, 3.63) is 59.0 Å². The van der Waals surface area contributed by atoms with Crippen LogP contribution in [-0.4, -0.2) is 37.0 Å². The van der Waals surface area contributed by atoms with Gasteiger partial charge in [-0.3, -0.25) is 9.59 Å². The predicted octanol–water partition coefficient (Wildman–Crippen LogP) is 2.88. The summed E-state index contributed by atoms with van der Waals surface area (Å²) in [6, 6.07) is 13.2. The molecule has 29 heavy (non-hydrogen) atoms. The Hall–Kier alpha value is -3.59. The summed E-state index contributed by atoms with van der Waals surface area (Å²) in [5, 5.41) is 9.15. The molecule has 0 atom stereocenters. The van der Waals surface area contributed by atoms with Crippen LogP contribution in [0.2, 0.25) is 0 Å². The molecule has 0 saturated heterocycles. The van der Waals surface area contributed by atoms with Crippen molar-refractivity contribution in [1.29, 1.82) is 0 Å². The van der Waals surface area contributed by atoms with E-state index in [9.17, 15) is 9.59 Å². The van der Waals surface area contributed by atoms with Gasteiger partial charge in [0.05, 0.1) is 12.1 Å². The van der Waals surface area contributed by atoms with Crippen molar-refractivity contribution in [2.45, 2.75) is 13.5 Å². The molecule has 5 rings (SSSR count). The van der Waals surface area contributed by atoms with Gasteiger partial charge in [-0.2, -0.15) is 4.52 Å². The Balaban J connectivity index is 1.94. The van der Waals surface area contributed by atoms with Gasteiger partial charge >= 0.3 is 5.97 Å². The number of hydrogen-bond acceptors (Lipinski definition) is 7. The molecule has 0 bridgehead atoms. The van der Waals surface area contributed by atoms with E-state index in [2.05, 4.69) is 15.3 Å². The quantitative estimate of drug-likeness (QED) is 0.427. The lowest BCUT2D eigenvalue weighted by molar-refractivity contribution is -0.143. The van der Waals surface area contributed by atoms with Gasteiger partial charge in [0.2, 0.25) is 0 Å². The fraction of sp³-hybridized carbons (Fsp3) is 0.150. The molecule has 0 amide bonds. The Morgan fingerprint density at radius 1 is 1.17 bits per heavy atom. The third-order valence-electron chi connectivity index (χ3n) is 4.64. The first kappa shape index (κ1) is 17.5. The van der Waals surface area contributed by atoms with Gasteiger partial charge in [-0.05, 0) is 19.1 Å². The average Bonchev–Trinajstić information content (AvgIpc) is 3.35. The molecular formula is C20H15N5O3S. The Morgan fingerprint density at radius 3 is 2.79 bits per heavy atom. The summed E-state index contributed by atoms with van der Waals surface area (Å²) in [6.07, 6.45) is 1.68. The van der Waals surface area contributed by atoms with E-state index in [1.165, 1.54) is 15.9 Å². The monoisotopic (exact) mass is 405 g/mol. The van der Waals surface area contributed by atoms with Crippen LogP contribution in [0, 0.1) is 0 Å². The van der Waals surface area contributed by atoms with E-state index >= 15 is 0 Å². The molecule has 0 saturated carbocycles. The molecular weight excluding hydrogens is 390 g/mol. The fourth-order valence-corrected chi connectivity index (χ4v) is 4.54. The van der Waals surface area contributed by atoms with Gasteiger partial charge in [0.25, 0.3) is 5.56 Å². The Labute approximate surface area is 168 Å². The second-order valence-corrected chi connectivity index (χ2v) is 7.37. The minimum absolute atomic E-state index is 0.0674. The van der Waals surface area contributed by atoms with Gasteiger partial charge in [-0.25, -0.2) is 4.98 Å². The molecule has 5 aromatic rings. The Morgan fingerprint density at radius 2 is 2.00 bits per heavy atom. The van der Waals surface area contributed by atoms with Crippen molar-refractivity contribution in [3.8, 4) is 11.3 Å². The highest BCUT2D eigenvalue weighted by molar-refractivity contribution is 7.25. The van der Waals surface area contributed by atoms with E-state index in [0.29, 0.717) is 21.6 Å². The van der Waals surface area contributed by atoms with E-state index in [4.69, 9.17) is 4.74 Å². The highest BCUT2D eigenvalue weighted by atomic mass is 32.1. The van der Waals surface area contributed by atoms with Crippen molar-refractivity contribution >= 4 is 43.4 Å². The molecule has 4 aromatic heterocycles. The lowest BCUT2D eigenvalue weighted by Crippen LogP contribution is -2.22. The maximum absolute atomic E-state index is 13.2. The number of carbonyl (C=O) groups excluding carboxylic acids is 1. The van der Waals surface area contributed by atoms with Gasteiger partial charge in [0.1, 0.15) is 21.8 Å². The lowest BCUT2D eigenvalue weighted by Gasteiger charge is -2.12. The number of thiophene rings is 1. The summed E-state index contributed by atoms with van der Waals surface area (Å²) < 4.78 is 8.67. The van der Waals surface area contributed by atoms with Crippen LogP contribution < -0.4 is 5.56 Å². The van der Waals surface area contributed by atoms with Gasteiger partial charge in [-0.1, -0.05) is 35.5 Å². The first-order valence-electron chi connectivity index (χ1n) is 9.05. The third kappa shape index (κ3) is 2.70. The van der Waals surface area contributed by atoms with Crippen LogP contribution in [0.4, 0.5) is 0 Å². The molecule has 0 spiro atoms. The smallest absolute Gasteiger partial charge is 0.326 e.